The number of nitriles is 1. The number of benzene rings is 2. The van der Waals surface area contributed by atoms with Gasteiger partial charge < -0.3 is 0 Å². The smallest absolute Gasteiger partial charge is 0.0857 e. The lowest BCUT2D eigenvalue weighted by Gasteiger charge is -1.91. The van der Waals surface area contributed by atoms with Gasteiger partial charge in [-0.15, -0.1) is 0 Å². The fourth-order valence-corrected chi connectivity index (χ4v) is 1.10. The normalized spacial score (nSPS) is 9.38. The van der Waals surface area contributed by atoms with Gasteiger partial charge in [0.25, 0.3) is 0 Å². The van der Waals surface area contributed by atoms with Crippen molar-refractivity contribution in [1.29, 1.82) is 5.26 Å². The summed E-state index contributed by atoms with van der Waals surface area (Å²) in [4.78, 5) is 0. The van der Waals surface area contributed by atoms with E-state index < -0.39 is 0 Å². The van der Waals surface area contributed by atoms with E-state index in [-0.39, 0.29) is 0 Å². The van der Waals surface area contributed by atoms with Gasteiger partial charge in [-0.1, -0.05) is 36.4 Å². The van der Waals surface area contributed by atoms with Crippen molar-refractivity contribution in [2.75, 3.05) is 0 Å². The van der Waals surface area contributed by atoms with Crippen LogP contribution in [0.15, 0.2) is 70.9 Å². The minimum Gasteiger partial charge on any atom is -0.202 e. The molecule has 0 saturated heterocycles. The van der Waals surface area contributed by atoms with Gasteiger partial charge in [-0.25, -0.2) is 5.26 Å². The van der Waals surface area contributed by atoms with Crippen molar-refractivity contribution in [2.45, 2.75) is 0 Å². The third kappa shape index (κ3) is 3.72. The average molecular weight is 209 g/mol. The van der Waals surface area contributed by atoms with Crippen molar-refractivity contribution in [2.24, 2.45) is 10.2 Å². The van der Waals surface area contributed by atoms with Crippen molar-refractivity contribution in [3.63, 3.8) is 0 Å². The van der Waals surface area contributed by atoms with E-state index in [0.29, 0.717) is 0 Å². The highest BCUT2D eigenvalue weighted by atomic mass is 15.1. The maximum absolute atomic E-state index is 6.50. The van der Waals surface area contributed by atoms with Gasteiger partial charge in [0, 0.05) is 6.57 Å². The largest absolute Gasteiger partial charge is 0.202 e. The first-order chi connectivity index (χ1) is 7.95. The minimum atomic E-state index is 0.872. The van der Waals surface area contributed by atoms with Gasteiger partial charge in [-0.3, -0.25) is 0 Å². The van der Waals surface area contributed by atoms with Gasteiger partial charge in [0.2, 0.25) is 0 Å². The predicted octanol–water partition coefficient (Wildman–Crippen LogP) is 4.24. The molecule has 0 aromatic heterocycles. The van der Waals surface area contributed by atoms with Crippen molar-refractivity contribution in [3.8, 4) is 6.57 Å². The van der Waals surface area contributed by atoms with Crippen LogP contribution in [-0.4, -0.2) is 0 Å². The highest BCUT2D eigenvalue weighted by Gasteiger charge is 1.86. The Morgan fingerprint density at radius 1 is 0.625 bits per heavy atom. The van der Waals surface area contributed by atoms with Gasteiger partial charge in [-0.2, -0.15) is 10.2 Å². The molecule has 3 heteroatoms. The third-order valence-corrected chi connectivity index (χ3v) is 1.79. The van der Waals surface area contributed by atoms with Crippen molar-refractivity contribution in [3.05, 3.63) is 60.7 Å². The molecule has 0 aliphatic rings. The summed E-state index contributed by atoms with van der Waals surface area (Å²) < 4.78 is 0. The van der Waals surface area contributed by atoms with Crippen LogP contribution < -0.4 is 0 Å². The maximum Gasteiger partial charge on any atom is 0.0857 e. The van der Waals surface area contributed by atoms with E-state index in [4.69, 9.17) is 5.26 Å². The molecule has 0 bridgehead atoms. The van der Waals surface area contributed by atoms with Gasteiger partial charge >= 0.3 is 0 Å². The Bertz CT molecular complexity index is 405. The molecule has 2 aromatic carbocycles. The molecule has 0 aliphatic carbocycles. The van der Waals surface area contributed by atoms with Crippen LogP contribution >= 0.6 is 0 Å². The van der Waals surface area contributed by atoms with Crippen LogP contribution in [-0.2, 0) is 0 Å². The van der Waals surface area contributed by atoms with Gasteiger partial charge in [0.1, 0.15) is 0 Å². The Balaban J connectivity index is 0.000000606. The molecule has 0 aliphatic heterocycles. The van der Waals surface area contributed by atoms with Crippen LogP contribution in [0.4, 0.5) is 11.4 Å². The first-order valence-electron chi connectivity index (χ1n) is 4.73. The number of nitrogens with zero attached hydrogens (tertiary/aromatic N) is 3. The Morgan fingerprint density at radius 3 is 1.25 bits per heavy atom. The average Bonchev–Trinajstić information content (AvgIpc) is 2.41. The summed E-state index contributed by atoms with van der Waals surface area (Å²) in [6, 6.07) is 19.4. The molecule has 0 fully saturated rings. The molecule has 2 rings (SSSR count). The molecule has 78 valence electrons. The van der Waals surface area contributed by atoms with Crippen molar-refractivity contribution < 1.29 is 0 Å². The summed E-state index contributed by atoms with van der Waals surface area (Å²) >= 11 is 0. The Labute approximate surface area is 94.7 Å². The predicted molar refractivity (Wildman–Crippen MR) is 63.7 cm³/mol. The monoisotopic (exact) mass is 209 g/mol. The highest BCUT2D eigenvalue weighted by Crippen LogP contribution is 2.16. The lowest BCUT2D eigenvalue weighted by molar-refractivity contribution is 1.23. The van der Waals surface area contributed by atoms with E-state index in [1.165, 1.54) is 0 Å². The zero-order chi connectivity index (χ0) is 11.6. The maximum atomic E-state index is 6.50. The molecule has 0 heterocycles. The molecule has 2 aromatic rings. The SMILES string of the molecule is C#N.c1ccc(N=Nc2ccccc2)cc1. The molecule has 0 amide bonds. The Morgan fingerprint density at radius 2 is 0.938 bits per heavy atom. The summed E-state index contributed by atoms with van der Waals surface area (Å²) in [6.07, 6.45) is 0. The van der Waals surface area contributed by atoms with Crippen LogP contribution in [0.25, 0.3) is 0 Å². The molecule has 16 heavy (non-hydrogen) atoms. The summed E-state index contributed by atoms with van der Waals surface area (Å²) in [7, 11) is 0. The summed E-state index contributed by atoms with van der Waals surface area (Å²) in [6.45, 7) is 3.50. The second-order valence-electron chi connectivity index (χ2n) is 2.87. The number of rotatable bonds is 2. The Kier molecular flexibility index (Phi) is 5.01. The molecular formula is C13H11N3. The minimum absolute atomic E-state index is 0.872. The molecule has 0 saturated carbocycles. The Hall–Kier alpha value is -2.47. The molecule has 0 N–H and O–H groups in total. The van der Waals surface area contributed by atoms with Crippen LogP contribution in [0, 0.1) is 11.8 Å². The van der Waals surface area contributed by atoms with E-state index in [1.54, 1.807) is 0 Å². The summed E-state index contributed by atoms with van der Waals surface area (Å²) in [5.41, 5.74) is 1.74. The number of hydrogen-bond donors (Lipinski definition) is 0. The molecule has 0 unspecified atom stereocenters. The second kappa shape index (κ2) is 6.91. The van der Waals surface area contributed by atoms with E-state index >= 15 is 0 Å². The first-order valence-corrected chi connectivity index (χ1v) is 4.73. The van der Waals surface area contributed by atoms with Gasteiger partial charge in [0.05, 0.1) is 11.4 Å². The lowest BCUT2D eigenvalue weighted by atomic mass is 10.3. The fourth-order valence-electron chi connectivity index (χ4n) is 1.10. The highest BCUT2D eigenvalue weighted by molar-refractivity contribution is 5.39. The van der Waals surface area contributed by atoms with E-state index in [0.717, 1.165) is 11.4 Å². The van der Waals surface area contributed by atoms with Gasteiger partial charge in [-0.05, 0) is 24.3 Å². The van der Waals surface area contributed by atoms with E-state index in [9.17, 15) is 0 Å². The quantitative estimate of drug-likeness (QED) is 0.682. The van der Waals surface area contributed by atoms with Gasteiger partial charge in [0.15, 0.2) is 0 Å². The number of azo groups is 1. The van der Waals surface area contributed by atoms with Crippen LogP contribution in [0.3, 0.4) is 0 Å². The van der Waals surface area contributed by atoms with Crippen LogP contribution in [0.5, 0.6) is 0 Å². The third-order valence-electron chi connectivity index (χ3n) is 1.79. The zero-order valence-electron chi connectivity index (χ0n) is 8.69. The summed E-state index contributed by atoms with van der Waals surface area (Å²) in [5, 5.41) is 14.7. The zero-order valence-corrected chi connectivity index (χ0v) is 8.69. The standard InChI is InChI=1S/C12H10N2.CHN/c1-3-7-11(8-4-1)13-14-12-9-5-2-6-10-12;1-2/h1-10H;1H. The van der Waals surface area contributed by atoms with Crippen molar-refractivity contribution >= 4 is 11.4 Å². The molecule has 0 radical (unpaired) electrons. The fraction of sp³-hybridized carbons (Fsp3) is 0. The molecule has 0 spiro atoms. The van der Waals surface area contributed by atoms with E-state index in [1.807, 2.05) is 60.7 Å². The lowest BCUT2D eigenvalue weighted by Crippen LogP contribution is -1.62. The van der Waals surface area contributed by atoms with Crippen LogP contribution in [0.2, 0.25) is 0 Å². The molecule has 0 atom stereocenters. The molecule has 3 nitrogen and oxygen atoms in total. The molecular weight excluding hydrogens is 198 g/mol. The van der Waals surface area contributed by atoms with Crippen LogP contribution in [0.1, 0.15) is 0 Å². The topological polar surface area (TPSA) is 48.5 Å². The second-order valence-corrected chi connectivity index (χ2v) is 2.87. The summed E-state index contributed by atoms with van der Waals surface area (Å²) in [5.74, 6) is 0. The first kappa shape index (κ1) is 11.6. The van der Waals surface area contributed by atoms with Crippen molar-refractivity contribution in [1.82, 2.24) is 0 Å². The van der Waals surface area contributed by atoms with E-state index in [2.05, 4.69) is 16.8 Å². The number of hydrogen-bond acceptors (Lipinski definition) is 3.